The van der Waals surface area contributed by atoms with Gasteiger partial charge in [0.2, 0.25) is 0 Å². The predicted octanol–water partition coefficient (Wildman–Crippen LogP) is 2.50. The lowest BCUT2D eigenvalue weighted by Crippen LogP contribution is -2.24. The van der Waals surface area contributed by atoms with Crippen LogP contribution < -0.4 is 5.32 Å². The number of nitrogens with zero attached hydrogens (tertiary/aromatic N) is 2. The molecule has 1 unspecified atom stereocenters. The number of aryl methyl sites for hydroxylation is 1. The first kappa shape index (κ1) is 14.4. The van der Waals surface area contributed by atoms with E-state index in [1.54, 1.807) is 12.4 Å². The number of aliphatic hydroxyl groups is 1. The van der Waals surface area contributed by atoms with Crippen molar-refractivity contribution < 1.29 is 5.11 Å². The lowest BCUT2D eigenvalue weighted by atomic mass is 9.99. The van der Waals surface area contributed by atoms with E-state index in [0.717, 1.165) is 25.1 Å². The highest BCUT2D eigenvalue weighted by molar-refractivity contribution is 5.88. The summed E-state index contributed by atoms with van der Waals surface area (Å²) in [5.74, 6) is 0. The Morgan fingerprint density at radius 2 is 2.09 bits per heavy atom. The fraction of sp³-hybridized carbons (Fsp3) is 0.316. The van der Waals surface area contributed by atoms with Gasteiger partial charge in [0, 0.05) is 56.5 Å². The van der Waals surface area contributed by atoms with Crippen molar-refractivity contribution in [1.82, 2.24) is 14.9 Å². The Morgan fingerprint density at radius 3 is 2.91 bits per heavy atom. The molecular weight excluding hydrogens is 286 g/mol. The van der Waals surface area contributed by atoms with Crippen LogP contribution >= 0.6 is 0 Å². The molecule has 0 radical (unpaired) electrons. The molecular formula is C19H21N3O. The number of nitrogens with one attached hydrogen (secondary N) is 1. The molecule has 4 rings (SSSR count). The van der Waals surface area contributed by atoms with Crippen LogP contribution in [0, 0.1) is 0 Å². The fourth-order valence-corrected chi connectivity index (χ4v) is 3.74. The molecule has 2 aromatic heterocycles. The van der Waals surface area contributed by atoms with Crippen LogP contribution in [-0.4, -0.2) is 21.2 Å². The number of hydrogen-bond acceptors (Lipinski definition) is 3. The number of rotatable bonds is 3. The maximum absolute atomic E-state index is 10.6. The molecule has 3 aromatic rings. The summed E-state index contributed by atoms with van der Waals surface area (Å²) in [7, 11) is 2.15. The zero-order valence-electron chi connectivity index (χ0n) is 13.3. The van der Waals surface area contributed by atoms with Gasteiger partial charge in [0.1, 0.15) is 0 Å². The second kappa shape index (κ2) is 5.80. The maximum atomic E-state index is 10.6. The second-order valence-electron chi connectivity index (χ2n) is 6.22. The normalized spacial score (nSPS) is 15.6. The van der Waals surface area contributed by atoms with Gasteiger partial charge in [-0.25, -0.2) is 0 Å². The monoisotopic (exact) mass is 307 g/mol. The van der Waals surface area contributed by atoms with Crippen LogP contribution in [0.3, 0.4) is 0 Å². The molecule has 0 amide bonds. The van der Waals surface area contributed by atoms with Crippen molar-refractivity contribution in [3.05, 3.63) is 65.1 Å². The Morgan fingerprint density at radius 1 is 1.26 bits per heavy atom. The van der Waals surface area contributed by atoms with Crippen LogP contribution in [0.5, 0.6) is 0 Å². The molecule has 1 atom stereocenters. The number of para-hydroxylation sites is 1. The van der Waals surface area contributed by atoms with Crippen molar-refractivity contribution in [3.63, 3.8) is 0 Å². The average Bonchev–Trinajstić information content (AvgIpc) is 2.90. The van der Waals surface area contributed by atoms with Crippen molar-refractivity contribution in [2.45, 2.75) is 25.5 Å². The fourth-order valence-electron chi connectivity index (χ4n) is 3.74. The molecule has 1 aromatic carbocycles. The van der Waals surface area contributed by atoms with E-state index in [0.29, 0.717) is 6.42 Å². The maximum Gasteiger partial charge on any atom is 0.0832 e. The first-order valence-corrected chi connectivity index (χ1v) is 8.12. The van der Waals surface area contributed by atoms with Crippen LogP contribution in [0.4, 0.5) is 0 Å². The highest BCUT2D eigenvalue weighted by atomic mass is 16.3. The van der Waals surface area contributed by atoms with Crippen molar-refractivity contribution >= 4 is 10.9 Å². The quantitative estimate of drug-likeness (QED) is 0.781. The molecule has 0 spiro atoms. The van der Waals surface area contributed by atoms with Gasteiger partial charge in [-0.15, -0.1) is 0 Å². The van der Waals surface area contributed by atoms with Crippen molar-refractivity contribution in [3.8, 4) is 0 Å². The van der Waals surface area contributed by atoms with Gasteiger partial charge < -0.3 is 15.0 Å². The van der Waals surface area contributed by atoms with E-state index in [4.69, 9.17) is 0 Å². The average molecular weight is 307 g/mol. The van der Waals surface area contributed by atoms with Crippen LogP contribution in [0.2, 0.25) is 0 Å². The summed E-state index contributed by atoms with van der Waals surface area (Å²) in [4.78, 5) is 4.02. The SMILES string of the molecule is Cn1c2c(c3cccc(CC(O)c4ccncc4)c31)CNCC2. The van der Waals surface area contributed by atoms with E-state index < -0.39 is 6.10 Å². The molecule has 2 N–H and O–H groups in total. The Balaban J connectivity index is 1.77. The van der Waals surface area contributed by atoms with Gasteiger partial charge in [0.05, 0.1) is 11.6 Å². The highest BCUT2D eigenvalue weighted by Crippen LogP contribution is 2.31. The summed E-state index contributed by atoms with van der Waals surface area (Å²) in [6.45, 7) is 1.97. The molecule has 118 valence electrons. The molecule has 0 saturated carbocycles. The Labute approximate surface area is 135 Å². The summed E-state index contributed by atoms with van der Waals surface area (Å²) in [6, 6.07) is 10.2. The van der Waals surface area contributed by atoms with E-state index in [9.17, 15) is 5.11 Å². The van der Waals surface area contributed by atoms with Gasteiger partial charge in [-0.3, -0.25) is 4.98 Å². The number of pyridine rings is 1. The Kier molecular flexibility index (Phi) is 3.63. The highest BCUT2D eigenvalue weighted by Gasteiger charge is 2.20. The van der Waals surface area contributed by atoms with E-state index >= 15 is 0 Å². The zero-order chi connectivity index (χ0) is 15.8. The van der Waals surface area contributed by atoms with Gasteiger partial charge in [-0.1, -0.05) is 18.2 Å². The van der Waals surface area contributed by atoms with Crippen LogP contribution in [0.25, 0.3) is 10.9 Å². The van der Waals surface area contributed by atoms with Crippen molar-refractivity contribution in [2.75, 3.05) is 6.54 Å². The van der Waals surface area contributed by atoms with Crippen molar-refractivity contribution in [1.29, 1.82) is 0 Å². The summed E-state index contributed by atoms with van der Waals surface area (Å²) in [6.07, 6.45) is 4.63. The Hall–Kier alpha value is -2.17. The zero-order valence-corrected chi connectivity index (χ0v) is 13.3. The molecule has 4 nitrogen and oxygen atoms in total. The molecule has 1 aliphatic rings. The van der Waals surface area contributed by atoms with Gasteiger partial charge in [0.25, 0.3) is 0 Å². The lowest BCUT2D eigenvalue weighted by Gasteiger charge is -2.15. The number of benzene rings is 1. The molecule has 0 fully saturated rings. The van der Waals surface area contributed by atoms with Gasteiger partial charge in [-0.05, 0) is 28.8 Å². The third-order valence-electron chi connectivity index (χ3n) is 4.88. The van der Waals surface area contributed by atoms with Gasteiger partial charge >= 0.3 is 0 Å². The first-order chi connectivity index (χ1) is 11.3. The number of aliphatic hydroxyl groups excluding tert-OH is 1. The number of fused-ring (bicyclic) bond motifs is 3. The standard InChI is InChI=1S/C19H21N3O/c1-22-17-7-10-21-12-16(17)15-4-2-3-14(19(15)22)11-18(23)13-5-8-20-9-6-13/h2-6,8-9,18,21,23H,7,10-12H2,1H3. The third kappa shape index (κ3) is 2.44. The summed E-state index contributed by atoms with van der Waals surface area (Å²) in [5, 5.41) is 15.4. The summed E-state index contributed by atoms with van der Waals surface area (Å²) in [5.41, 5.74) is 6.20. The van der Waals surface area contributed by atoms with E-state index in [1.165, 1.54) is 27.7 Å². The van der Waals surface area contributed by atoms with Crippen LogP contribution in [0.1, 0.15) is 28.5 Å². The molecule has 0 aliphatic carbocycles. The lowest BCUT2D eigenvalue weighted by molar-refractivity contribution is 0.178. The minimum Gasteiger partial charge on any atom is -0.388 e. The van der Waals surface area contributed by atoms with Gasteiger partial charge in [0.15, 0.2) is 0 Å². The van der Waals surface area contributed by atoms with Gasteiger partial charge in [-0.2, -0.15) is 0 Å². The molecule has 0 saturated heterocycles. The van der Waals surface area contributed by atoms with Crippen LogP contribution in [0.15, 0.2) is 42.7 Å². The van der Waals surface area contributed by atoms with Crippen LogP contribution in [-0.2, 0) is 26.4 Å². The molecule has 4 heteroatoms. The van der Waals surface area contributed by atoms with Crippen molar-refractivity contribution in [2.24, 2.45) is 7.05 Å². The largest absolute Gasteiger partial charge is 0.388 e. The smallest absolute Gasteiger partial charge is 0.0832 e. The molecule has 23 heavy (non-hydrogen) atoms. The minimum atomic E-state index is -0.506. The summed E-state index contributed by atoms with van der Waals surface area (Å²) >= 11 is 0. The number of aromatic nitrogens is 2. The first-order valence-electron chi connectivity index (χ1n) is 8.12. The molecule has 1 aliphatic heterocycles. The topological polar surface area (TPSA) is 50.1 Å². The van der Waals surface area contributed by atoms with E-state index in [-0.39, 0.29) is 0 Å². The second-order valence-corrected chi connectivity index (χ2v) is 6.22. The van der Waals surface area contributed by atoms with E-state index in [1.807, 2.05) is 12.1 Å². The minimum absolute atomic E-state index is 0.506. The summed E-state index contributed by atoms with van der Waals surface area (Å²) < 4.78 is 2.32. The van der Waals surface area contributed by atoms with E-state index in [2.05, 4.69) is 40.1 Å². The number of hydrogen-bond donors (Lipinski definition) is 2. The third-order valence-corrected chi connectivity index (χ3v) is 4.88. The Bertz CT molecular complexity index is 839. The molecule has 0 bridgehead atoms. The predicted molar refractivity (Wildman–Crippen MR) is 91.2 cm³/mol. The molecule has 3 heterocycles.